The molecule has 8 unspecified atom stereocenters. The zero-order valence-electron chi connectivity index (χ0n) is 13.9. The molecule has 0 amide bonds. The van der Waals surface area contributed by atoms with Crippen LogP contribution in [0.25, 0.3) is 0 Å². The first-order valence-electron chi connectivity index (χ1n) is 9.24. The van der Waals surface area contributed by atoms with Crippen LogP contribution in [0.5, 0.6) is 0 Å². The highest BCUT2D eigenvalue weighted by atomic mass is 16.3. The zero-order valence-corrected chi connectivity index (χ0v) is 13.9. The highest BCUT2D eigenvalue weighted by Crippen LogP contribution is 2.65. The van der Waals surface area contributed by atoms with Crippen molar-refractivity contribution in [1.29, 1.82) is 0 Å². The molecule has 0 radical (unpaired) electrons. The van der Waals surface area contributed by atoms with Crippen LogP contribution in [-0.2, 0) is 4.79 Å². The summed E-state index contributed by atoms with van der Waals surface area (Å²) in [6.45, 7) is 4.64. The van der Waals surface area contributed by atoms with Gasteiger partial charge in [-0.25, -0.2) is 0 Å². The Hall–Kier alpha value is -0.410. The van der Waals surface area contributed by atoms with Crippen LogP contribution in [0.2, 0.25) is 0 Å². The molecule has 4 aliphatic rings. The summed E-state index contributed by atoms with van der Waals surface area (Å²) >= 11 is 0. The first-order chi connectivity index (χ1) is 10.4. The molecule has 124 valence electrons. The molecule has 0 heterocycles. The summed E-state index contributed by atoms with van der Waals surface area (Å²) in [5, 5.41) is 21.4. The third kappa shape index (κ3) is 1.84. The van der Waals surface area contributed by atoms with Gasteiger partial charge in [0.2, 0.25) is 0 Å². The molecule has 4 fully saturated rings. The molecule has 3 nitrogen and oxygen atoms in total. The van der Waals surface area contributed by atoms with E-state index in [4.69, 9.17) is 0 Å². The second kappa shape index (κ2) is 4.80. The van der Waals surface area contributed by atoms with E-state index in [1.54, 1.807) is 0 Å². The van der Waals surface area contributed by atoms with E-state index in [0.717, 1.165) is 44.9 Å². The number of rotatable bonds is 0. The number of fused-ring (bicyclic) bond motifs is 5. The molecule has 0 aliphatic heterocycles. The Balaban J connectivity index is 1.68. The number of carbonyl (C=O) groups excluding carboxylic acids is 1. The second-order valence-electron chi connectivity index (χ2n) is 9.18. The normalized spacial score (nSPS) is 57.9. The third-order valence-corrected chi connectivity index (χ3v) is 8.45. The lowest BCUT2D eigenvalue weighted by molar-refractivity contribution is -0.171. The predicted molar refractivity (Wildman–Crippen MR) is 84.1 cm³/mol. The fourth-order valence-corrected chi connectivity index (χ4v) is 6.99. The first-order valence-corrected chi connectivity index (χ1v) is 9.24. The van der Waals surface area contributed by atoms with E-state index >= 15 is 0 Å². The summed E-state index contributed by atoms with van der Waals surface area (Å²) in [5.41, 5.74) is 0.239. The summed E-state index contributed by atoms with van der Waals surface area (Å²) in [7, 11) is 0. The Labute approximate surface area is 133 Å². The molecule has 4 aliphatic carbocycles. The van der Waals surface area contributed by atoms with Crippen molar-refractivity contribution in [3.8, 4) is 0 Å². The average Bonchev–Trinajstić information content (AvgIpc) is 2.77. The number of hydrogen-bond acceptors (Lipinski definition) is 3. The number of carbonyl (C=O) groups is 1. The van der Waals surface area contributed by atoms with Crippen molar-refractivity contribution < 1.29 is 15.0 Å². The van der Waals surface area contributed by atoms with E-state index < -0.39 is 0 Å². The van der Waals surface area contributed by atoms with Gasteiger partial charge >= 0.3 is 0 Å². The Bertz CT molecular complexity index is 489. The quantitative estimate of drug-likeness (QED) is 0.723. The number of aliphatic hydroxyl groups excluding tert-OH is 2. The van der Waals surface area contributed by atoms with Crippen molar-refractivity contribution in [3.63, 3.8) is 0 Å². The minimum Gasteiger partial charge on any atom is -0.393 e. The lowest BCUT2D eigenvalue weighted by Gasteiger charge is -2.61. The van der Waals surface area contributed by atoms with E-state index in [9.17, 15) is 15.0 Å². The van der Waals surface area contributed by atoms with Crippen LogP contribution in [-0.4, -0.2) is 28.2 Å². The van der Waals surface area contributed by atoms with Crippen LogP contribution in [0.15, 0.2) is 0 Å². The molecule has 4 rings (SSSR count). The highest BCUT2D eigenvalue weighted by molar-refractivity contribution is 5.79. The molecule has 2 N–H and O–H groups in total. The molecule has 8 atom stereocenters. The van der Waals surface area contributed by atoms with E-state index in [-0.39, 0.29) is 23.0 Å². The molecule has 3 heteroatoms. The van der Waals surface area contributed by atoms with E-state index in [0.29, 0.717) is 35.9 Å². The average molecular weight is 306 g/mol. The second-order valence-corrected chi connectivity index (χ2v) is 9.18. The number of ketones is 1. The highest BCUT2D eigenvalue weighted by Gasteiger charge is 2.62. The molecular weight excluding hydrogens is 276 g/mol. The molecule has 0 saturated heterocycles. The molecule has 4 saturated carbocycles. The van der Waals surface area contributed by atoms with Crippen LogP contribution >= 0.6 is 0 Å². The van der Waals surface area contributed by atoms with E-state index in [1.165, 1.54) is 0 Å². The fraction of sp³-hybridized carbons (Fsp3) is 0.947. The SMILES string of the molecule is CC12CCC3C(C(O)CC4CC(=O)CCC43C)C1CCC2O. The minimum absolute atomic E-state index is 0.00975. The Morgan fingerprint density at radius 1 is 1.00 bits per heavy atom. The maximum atomic E-state index is 11.9. The van der Waals surface area contributed by atoms with E-state index in [2.05, 4.69) is 13.8 Å². The van der Waals surface area contributed by atoms with Crippen molar-refractivity contribution in [2.75, 3.05) is 0 Å². The largest absolute Gasteiger partial charge is 0.393 e. The minimum atomic E-state index is -0.274. The lowest BCUT2D eigenvalue weighted by atomic mass is 9.44. The van der Waals surface area contributed by atoms with Crippen LogP contribution in [0.1, 0.15) is 65.2 Å². The summed E-state index contributed by atoms with van der Waals surface area (Å²) in [6.07, 6.45) is 6.93. The van der Waals surface area contributed by atoms with Gasteiger partial charge in [0.15, 0.2) is 0 Å². The number of aliphatic hydroxyl groups is 2. The van der Waals surface area contributed by atoms with Gasteiger partial charge < -0.3 is 10.2 Å². The van der Waals surface area contributed by atoms with Gasteiger partial charge in [0.1, 0.15) is 5.78 Å². The van der Waals surface area contributed by atoms with Gasteiger partial charge in [-0.15, -0.1) is 0 Å². The molecule has 22 heavy (non-hydrogen) atoms. The Kier molecular flexibility index (Phi) is 3.30. The summed E-state index contributed by atoms with van der Waals surface area (Å²) in [5.74, 6) is 2.11. The van der Waals surface area contributed by atoms with Gasteiger partial charge in [-0.1, -0.05) is 13.8 Å². The molecule has 0 bridgehead atoms. The van der Waals surface area contributed by atoms with Crippen molar-refractivity contribution in [2.45, 2.75) is 77.4 Å². The molecule has 0 spiro atoms. The topological polar surface area (TPSA) is 57.5 Å². The van der Waals surface area contributed by atoms with Gasteiger partial charge in [0.05, 0.1) is 12.2 Å². The van der Waals surface area contributed by atoms with E-state index in [1.807, 2.05) is 0 Å². The summed E-state index contributed by atoms with van der Waals surface area (Å²) in [6, 6.07) is 0. The van der Waals surface area contributed by atoms with Crippen molar-refractivity contribution in [1.82, 2.24) is 0 Å². The van der Waals surface area contributed by atoms with Gasteiger partial charge in [-0.3, -0.25) is 4.79 Å². The zero-order chi connectivity index (χ0) is 15.7. The third-order valence-electron chi connectivity index (χ3n) is 8.45. The lowest BCUT2D eigenvalue weighted by Crippen LogP contribution is -2.58. The maximum absolute atomic E-state index is 11.9. The Morgan fingerprint density at radius 2 is 1.73 bits per heavy atom. The molecule has 0 aromatic heterocycles. The maximum Gasteiger partial charge on any atom is 0.133 e. The monoisotopic (exact) mass is 306 g/mol. The fourth-order valence-electron chi connectivity index (χ4n) is 6.99. The number of Topliss-reactive ketones (excluding diaryl/α,β-unsaturated/α-hetero) is 1. The van der Waals surface area contributed by atoms with Crippen LogP contribution < -0.4 is 0 Å². The summed E-state index contributed by atoms with van der Waals surface area (Å²) in [4.78, 5) is 11.9. The first kappa shape index (κ1) is 15.1. The van der Waals surface area contributed by atoms with Gasteiger partial charge in [0.25, 0.3) is 0 Å². The standard InChI is InChI=1S/C19H30O3/c1-18-7-5-12(20)9-11(18)10-15(21)17-13-3-4-16(22)19(13,2)8-6-14(17)18/h11,13-17,21-22H,3-10H2,1-2H3. The van der Waals surface area contributed by atoms with Gasteiger partial charge in [-0.2, -0.15) is 0 Å². The van der Waals surface area contributed by atoms with Gasteiger partial charge in [-0.05, 0) is 73.0 Å². The molecule has 0 aromatic rings. The van der Waals surface area contributed by atoms with Crippen molar-refractivity contribution >= 4 is 5.78 Å². The van der Waals surface area contributed by atoms with Gasteiger partial charge in [0, 0.05) is 12.8 Å². The van der Waals surface area contributed by atoms with Crippen LogP contribution in [0.3, 0.4) is 0 Å². The Morgan fingerprint density at radius 3 is 2.50 bits per heavy atom. The van der Waals surface area contributed by atoms with Crippen LogP contribution in [0.4, 0.5) is 0 Å². The van der Waals surface area contributed by atoms with Crippen molar-refractivity contribution in [2.24, 2.45) is 34.5 Å². The predicted octanol–water partition coefficient (Wildman–Crippen LogP) is 2.93. The summed E-state index contributed by atoms with van der Waals surface area (Å²) < 4.78 is 0. The molecular formula is C19H30O3. The van der Waals surface area contributed by atoms with Crippen molar-refractivity contribution in [3.05, 3.63) is 0 Å². The molecule has 0 aromatic carbocycles. The smallest absolute Gasteiger partial charge is 0.133 e. The number of hydrogen-bond donors (Lipinski definition) is 2. The van der Waals surface area contributed by atoms with Crippen LogP contribution in [0, 0.1) is 34.5 Å².